The third-order valence-corrected chi connectivity index (χ3v) is 4.79. The summed E-state index contributed by atoms with van der Waals surface area (Å²) in [6.45, 7) is 0. The summed E-state index contributed by atoms with van der Waals surface area (Å²) >= 11 is 12.0. The number of hydrogen-bond acceptors (Lipinski definition) is 4. The smallest absolute Gasteiger partial charge is 0.399 e. The summed E-state index contributed by atoms with van der Waals surface area (Å²) < 4.78 is 47.5. The molecule has 1 atom stereocenters. The Labute approximate surface area is 179 Å². The van der Waals surface area contributed by atoms with E-state index in [-0.39, 0.29) is 26.9 Å². The van der Waals surface area contributed by atoms with E-state index in [2.05, 4.69) is 10.1 Å². The lowest BCUT2D eigenvalue weighted by molar-refractivity contribution is -0.139. The van der Waals surface area contributed by atoms with Crippen molar-refractivity contribution in [3.8, 4) is 17.5 Å². The molecule has 3 aromatic rings. The molecule has 10 heteroatoms. The molecule has 0 bridgehead atoms. The van der Waals surface area contributed by atoms with Gasteiger partial charge in [0.1, 0.15) is 18.7 Å². The third kappa shape index (κ3) is 4.58. The Morgan fingerprint density at radius 3 is 2.43 bits per heavy atom. The van der Waals surface area contributed by atoms with Crippen LogP contribution in [0, 0.1) is 11.3 Å². The summed E-state index contributed by atoms with van der Waals surface area (Å²) in [5.74, 6) is -1.85. The average Bonchev–Trinajstić information content (AvgIpc) is 3.21. The molecule has 0 fully saturated rings. The van der Waals surface area contributed by atoms with Crippen molar-refractivity contribution in [2.75, 3.05) is 7.11 Å². The molecule has 0 aliphatic rings. The molecule has 3 rings (SSSR count). The number of methoxy groups -OCH3 is 1. The van der Waals surface area contributed by atoms with Crippen LogP contribution in [0.25, 0.3) is 11.8 Å². The fourth-order valence-corrected chi connectivity index (χ4v) is 3.51. The second-order valence-corrected chi connectivity index (χ2v) is 6.94. The molecule has 0 N–H and O–H groups in total. The largest absolute Gasteiger partial charge is 0.494 e. The molecule has 154 valence electrons. The van der Waals surface area contributed by atoms with Gasteiger partial charge in [-0.2, -0.15) is 23.5 Å². The Bertz CT molecular complexity index is 1100. The lowest BCUT2D eigenvalue weighted by Gasteiger charge is -2.19. The quantitative estimate of drug-likeness (QED) is 0.489. The van der Waals surface area contributed by atoms with Gasteiger partial charge in [0.25, 0.3) is 0 Å². The van der Waals surface area contributed by atoms with Gasteiger partial charge < -0.3 is 4.74 Å². The van der Waals surface area contributed by atoms with Gasteiger partial charge in [-0.3, -0.25) is 0 Å². The van der Waals surface area contributed by atoms with Crippen LogP contribution in [0.15, 0.2) is 49.1 Å². The van der Waals surface area contributed by atoms with Gasteiger partial charge in [0, 0.05) is 0 Å². The highest BCUT2D eigenvalue weighted by Gasteiger charge is 2.39. The van der Waals surface area contributed by atoms with Crippen molar-refractivity contribution in [2.45, 2.75) is 12.1 Å². The Balaban J connectivity index is 1.98. The van der Waals surface area contributed by atoms with Crippen LogP contribution >= 0.6 is 23.2 Å². The SMILES string of the molecule is COc1c(Cl)cc(C(C=Cc2ccc(-n3cncn3)c(C#N)c2)C(F)(F)F)cc1Cl. The number of hydrogen-bond donors (Lipinski definition) is 0. The van der Waals surface area contributed by atoms with Crippen molar-refractivity contribution in [3.05, 3.63) is 75.8 Å². The van der Waals surface area contributed by atoms with Gasteiger partial charge in [-0.25, -0.2) is 9.67 Å². The molecule has 0 aliphatic heterocycles. The fourth-order valence-electron chi connectivity index (χ4n) is 2.85. The normalized spacial score (nSPS) is 12.7. The second-order valence-electron chi connectivity index (χ2n) is 6.12. The van der Waals surface area contributed by atoms with Gasteiger partial charge in [-0.1, -0.05) is 41.4 Å². The highest BCUT2D eigenvalue weighted by molar-refractivity contribution is 6.37. The molecule has 1 heterocycles. The van der Waals surface area contributed by atoms with E-state index >= 15 is 0 Å². The van der Waals surface area contributed by atoms with Crippen LogP contribution in [-0.2, 0) is 0 Å². The monoisotopic (exact) mass is 452 g/mol. The van der Waals surface area contributed by atoms with Crippen molar-refractivity contribution in [1.29, 1.82) is 5.26 Å². The molecule has 1 aromatic heterocycles. The number of allylic oxidation sites excluding steroid dienone is 1. The first kappa shape index (κ1) is 21.7. The first-order valence-corrected chi connectivity index (χ1v) is 9.17. The van der Waals surface area contributed by atoms with E-state index < -0.39 is 12.1 Å². The van der Waals surface area contributed by atoms with Gasteiger partial charge >= 0.3 is 6.18 Å². The zero-order valence-corrected chi connectivity index (χ0v) is 16.9. The van der Waals surface area contributed by atoms with Gasteiger partial charge in [-0.05, 0) is 35.4 Å². The third-order valence-electron chi connectivity index (χ3n) is 4.22. The highest BCUT2D eigenvalue weighted by atomic mass is 35.5. The minimum absolute atomic E-state index is 0.0217. The minimum Gasteiger partial charge on any atom is -0.494 e. The van der Waals surface area contributed by atoms with E-state index in [1.807, 2.05) is 6.07 Å². The summed E-state index contributed by atoms with van der Waals surface area (Å²) in [6, 6.07) is 8.97. The molecule has 1 unspecified atom stereocenters. The molecule has 0 spiro atoms. The molecular formula is C20H13Cl2F3N4O. The zero-order valence-electron chi connectivity index (χ0n) is 15.4. The van der Waals surface area contributed by atoms with E-state index in [1.165, 1.54) is 48.7 Å². The molecule has 0 radical (unpaired) electrons. The van der Waals surface area contributed by atoms with Crippen molar-refractivity contribution in [2.24, 2.45) is 0 Å². The lowest BCUT2D eigenvalue weighted by atomic mass is 9.96. The van der Waals surface area contributed by atoms with Crippen molar-refractivity contribution < 1.29 is 17.9 Å². The van der Waals surface area contributed by atoms with Crippen LogP contribution < -0.4 is 4.74 Å². The maximum Gasteiger partial charge on any atom is 0.399 e. The topological polar surface area (TPSA) is 63.7 Å². The van der Waals surface area contributed by atoms with Gasteiger partial charge in [0.05, 0.1) is 34.3 Å². The summed E-state index contributed by atoms with van der Waals surface area (Å²) in [6.07, 6.45) is 0.420. The first-order valence-electron chi connectivity index (χ1n) is 8.41. The number of ether oxygens (including phenoxy) is 1. The maximum atomic E-state index is 13.7. The standard InChI is InChI=1S/C20H13Cl2F3N4O/c1-30-19-16(21)7-13(8-17(19)22)15(20(23,24)25)4-2-12-3-5-18(14(6-12)9-26)29-11-27-10-28-29/h2-8,10-11,15H,1H3. The van der Waals surface area contributed by atoms with Gasteiger partial charge in [0.2, 0.25) is 0 Å². The van der Waals surface area contributed by atoms with E-state index in [0.717, 1.165) is 6.08 Å². The van der Waals surface area contributed by atoms with Gasteiger partial charge in [-0.15, -0.1) is 0 Å². The van der Waals surface area contributed by atoms with Crippen LogP contribution in [-0.4, -0.2) is 28.1 Å². The predicted molar refractivity (Wildman–Crippen MR) is 107 cm³/mol. The number of alkyl halides is 3. The summed E-state index contributed by atoms with van der Waals surface area (Å²) in [4.78, 5) is 3.82. The van der Waals surface area contributed by atoms with Crippen LogP contribution in [0.5, 0.6) is 5.75 Å². The second kappa shape index (κ2) is 8.78. The van der Waals surface area contributed by atoms with Crippen molar-refractivity contribution in [1.82, 2.24) is 14.8 Å². The van der Waals surface area contributed by atoms with Crippen LogP contribution in [0.1, 0.15) is 22.6 Å². The Morgan fingerprint density at radius 2 is 1.90 bits per heavy atom. The first-order chi connectivity index (χ1) is 14.2. The van der Waals surface area contributed by atoms with E-state index in [0.29, 0.717) is 11.3 Å². The molecule has 2 aromatic carbocycles. The molecule has 0 aliphatic carbocycles. The van der Waals surface area contributed by atoms with Crippen molar-refractivity contribution in [3.63, 3.8) is 0 Å². The number of nitriles is 1. The Kier molecular flexibility index (Phi) is 6.34. The summed E-state index contributed by atoms with van der Waals surface area (Å²) in [7, 11) is 1.32. The van der Waals surface area contributed by atoms with Crippen LogP contribution in [0.3, 0.4) is 0 Å². The molecule has 0 saturated carbocycles. The molecular weight excluding hydrogens is 440 g/mol. The molecule has 30 heavy (non-hydrogen) atoms. The van der Waals surface area contributed by atoms with Crippen molar-refractivity contribution >= 4 is 29.3 Å². The Hall–Kier alpha value is -3.02. The van der Waals surface area contributed by atoms with E-state index in [4.69, 9.17) is 27.9 Å². The number of aromatic nitrogens is 3. The number of halogens is 5. The molecule has 0 amide bonds. The molecule has 0 saturated heterocycles. The number of rotatable bonds is 5. The van der Waals surface area contributed by atoms with Crippen LogP contribution in [0.4, 0.5) is 13.2 Å². The maximum absolute atomic E-state index is 13.7. The highest BCUT2D eigenvalue weighted by Crippen LogP contribution is 2.42. The lowest BCUT2D eigenvalue weighted by Crippen LogP contribution is -2.19. The van der Waals surface area contributed by atoms with E-state index in [9.17, 15) is 18.4 Å². The minimum atomic E-state index is -4.59. The Morgan fingerprint density at radius 1 is 1.20 bits per heavy atom. The zero-order chi connectivity index (χ0) is 21.9. The predicted octanol–water partition coefficient (Wildman–Crippen LogP) is 5.81. The number of nitrogens with zero attached hydrogens (tertiary/aromatic N) is 4. The summed E-state index contributed by atoms with van der Waals surface area (Å²) in [5, 5.41) is 13.3. The molecule has 5 nitrogen and oxygen atoms in total. The summed E-state index contributed by atoms with van der Waals surface area (Å²) in [5.41, 5.74) is 0.986. The van der Waals surface area contributed by atoms with E-state index in [1.54, 1.807) is 12.1 Å². The fraction of sp³-hybridized carbons (Fsp3) is 0.150. The van der Waals surface area contributed by atoms with Gasteiger partial charge in [0.15, 0.2) is 5.75 Å². The van der Waals surface area contributed by atoms with Crippen LogP contribution in [0.2, 0.25) is 10.0 Å². The average molecular weight is 453 g/mol. The number of benzene rings is 2.